The fourth-order valence-corrected chi connectivity index (χ4v) is 4.29. The molecule has 2 aliphatic rings. The van der Waals surface area contributed by atoms with Crippen molar-refractivity contribution in [3.8, 4) is 11.8 Å². The number of piperazine rings is 1. The summed E-state index contributed by atoms with van der Waals surface area (Å²) in [5.74, 6) is -0.123. The van der Waals surface area contributed by atoms with E-state index in [0.717, 1.165) is 13.1 Å². The van der Waals surface area contributed by atoms with Gasteiger partial charge in [0.05, 0.1) is 12.8 Å². The second kappa shape index (κ2) is 8.45. The van der Waals surface area contributed by atoms with E-state index >= 15 is 0 Å². The Hall–Kier alpha value is -3.81. The number of alkyl halides is 3. The number of halogens is 3. The maximum atomic E-state index is 12.4. The quantitative estimate of drug-likeness (QED) is 0.292. The van der Waals surface area contributed by atoms with Gasteiger partial charge in [0.1, 0.15) is 28.9 Å². The molecule has 5 rings (SSSR count). The summed E-state index contributed by atoms with van der Waals surface area (Å²) in [6.45, 7) is 5.84. The molecule has 1 fully saturated rings. The second-order valence-corrected chi connectivity index (χ2v) is 8.69. The summed E-state index contributed by atoms with van der Waals surface area (Å²) < 4.78 is 54.4. The molecule has 0 aliphatic carbocycles. The summed E-state index contributed by atoms with van der Waals surface area (Å²) in [7, 11) is 0. The maximum Gasteiger partial charge on any atom is 0.573 e. The molecule has 1 aromatic carbocycles. The number of hydrogen-bond acceptors (Lipinski definition) is 9. The summed E-state index contributed by atoms with van der Waals surface area (Å²) in [5.41, 5.74) is -0.104. The highest BCUT2D eigenvalue weighted by Crippen LogP contribution is 2.32. The van der Waals surface area contributed by atoms with Gasteiger partial charge in [0.2, 0.25) is 0 Å². The Labute approximate surface area is 196 Å². The SMILES string of the molecule is C[C@]1(CN2CCN(N=Cc3cc4cc(OC(F)(F)F)ccc4o3)CC2)Cn2cc([N+](=O)[O-])nc2O1. The van der Waals surface area contributed by atoms with Gasteiger partial charge in [-0.2, -0.15) is 5.10 Å². The zero-order valence-electron chi connectivity index (χ0n) is 18.6. The van der Waals surface area contributed by atoms with Crippen molar-refractivity contribution in [1.82, 2.24) is 19.5 Å². The van der Waals surface area contributed by atoms with Crippen LogP contribution in [0.1, 0.15) is 12.7 Å². The third-order valence-electron chi connectivity index (χ3n) is 5.75. The molecular weight excluding hydrogens is 473 g/mol. The predicted octanol–water partition coefficient (Wildman–Crippen LogP) is 3.24. The van der Waals surface area contributed by atoms with E-state index in [1.54, 1.807) is 10.6 Å². The number of benzene rings is 1. The Balaban J connectivity index is 1.14. The third kappa shape index (κ3) is 5.16. The Bertz CT molecular complexity index is 1250. The van der Waals surface area contributed by atoms with Crippen molar-refractivity contribution in [2.75, 3.05) is 32.7 Å². The van der Waals surface area contributed by atoms with Gasteiger partial charge in [-0.05, 0) is 36.1 Å². The zero-order chi connectivity index (χ0) is 24.8. The number of fused-ring (bicyclic) bond motifs is 2. The molecule has 0 spiro atoms. The van der Waals surface area contributed by atoms with Gasteiger partial charge in [-0.25, -0.2) is 0 Å². The topological polar surface area (TPSA) is 111 Å². The van der Waals surface area contributed by atoms with Gasteiger partial charge in [0, 0.05) is 43.1 Å². The van der Waals surface area contributed by atoms with Crippen molar-refractivity contribution in [1.29, 1.82) is 0 Å². The lowest BCUT2D eigenvalue weighted by atomic mass is 10.1. The summed E-state index contributed by atoms with van der Waals surface area (Å²) in [6, 6.07) is 5.73. The van der Waals surface area contributed by atoms with E-state index in [9.17, 15) is 23.3 Å². The lowest BCUT2D eigenvalue weighted by Gasteiger charge is -2.36. The molecule has 186 valence electrons. The number of hydrogen-bond donors (Lipinski definition) is 0. The van der Waals surface area contributed by atoms with Gasteiger partial charge in [-0.3, -0.25) is 14.5 Å². The smallest absolute Gasteiger partial charge is 0.455 e. The molecule has 3 aromatic rings. The summed E-state index contributed by atoms with van der Waals surface area (Å²) in [5, 5.41) is 17.7. The summed E-state index contributed by atoms with van der Waals surface area (Å²) in [6.07, 6.45) is -1.84. The molecule has 1 saturated heterocycles. The molecule has 2 aromatic heterocycles. The minimum atomic E-state index is -4.76. The van der Waals surface area contributed by atoms with E-state index in [0.29, 0.717) is 42.9 Å². The van der Waals surface area contributed by atoms with Crippen LogP contribution in [0.2, 0.25) is 0 Å². The van der Waals surface area contributed by atoms with Crippen molar-refractivity contribution in [3.63, 3.8) is 0 Å². The molecule has 1 atom stereocenters. The minimum Gasteiger partial charge on any atom is -0.455 e. The molecule has 14 heteroatoms. The molecule has 2 aliphatic heterocycles. The number of rotatable bonds is 6. The first-order chi connectivity index (χ1) is 16.6. The van der Waals surface area contributed by atoms with Gasteiger partial charge >= 0.3 is 18.2 Å². The molecule has 0 bridgehead atoms. The van der Waals surface area contributed by atoms with Crippen LogP contribution in [-0.4, -0.2) is 75.3 Å². The van der Waals surface area contributed by atoms with E-state index in [2.05, 4.69) is 19.7 Å². The van der Waals surface area contributed by atoms with Gasteiger partial charge in [-0.1, -0.05) is 0 Å². The average Bonchev–Trinajstić information content (AvgIpc) is 3.42. The second-order valence-electron chi connectivity index (χ2n) is 8.69. The molecule has 0 unspecified atom stereocenters. The predicted molar refractivity (Wildman–Crippen MR) is 116 cm³/mol. The molecule has 0 saturated carbocycles. The van der Waals surface area contributed by atoms with Gasteiger partial charge in [0.25, 0.3) is 0 Å². The third-order valence-corrected chi connectivity index (χ3v) is 5.75. The summed E-state index contributed by atoms with van der Waals surface area (Å²) >= 11 is 0. The van der Waals surface area contributed by atoms with Crippen molar-refractivity contribution in [2.24, 2.45) is 5.10 Å². The number of hydrazone groups is 1. The molecule has 11 nitrogen and oxygen atoms in total. The van der Waals surface area contributed by atoms with Crippen LogP contribution < -0.4 is 9.47 Å². The van der Waals surface area contributed by atoms with E-state index in [4.69, 9.17) is 9.15 Å². The molecular formula is C21H21F3N6O5. The Morgan fingerprint density at radius 3 is 2.74 bits per heavy atom. The largest absolute Gasteiger partial charge is 0.573 e. The van der Waals surface area contributed by atoms with Crippen molar-refractivity contribution in [3.05, 3.63) is 46.3 Å². The monoisotopic (exact) mass is 494 g/mol. The van der Waals surface area contributed by atoms with Crippen LogP contribution in [0.4, 0.5) is 19.0 Å². The molecule has 0 radical (unpaired) electrons. The van der Waals surface area contributed by atoms with Crippen LogP contribution in [0.25, 0.3) is 11.0 Å². The normalized spacial score (nSPS) is 21.0. The van der Waals surface area contributed by atoms with Crippen molar-refractivity contribution in [2.45, 2.75) is 25.4 Å². The average molecular weight is 494 g/mol. The van der Waals surface area contributed by atoms with E-state index in [1.807, 2.05) is 11.9 Å². The lowest BCUT2D eigenvalue weighted by Crippen LogP contribution is -2.51. The Kier molecular flexibility index (Phi) is 5.54. The van der Waals surface area contributed by atoms with Crippen LogP contribution >= 0.6 is 0 Å². The highest BCUT2D eigenvalue weighted by atomic mass is 19.4. The number of nitrogens with zero attached hydrogens (tertiary/aromatic N) is 6. The number of imidazole rings is 1. The highest BCUT2D eigenvalue weighted by molar-refractivity contribution is 5.87. The van der Waals surface area contributed by atoms with Gasteiger partial charge in [0.15, 0.2) is 0 Å². The Morgan fingerprint density at radius 2 is 2.06 bits per heavy atom. The van der Waals surface area contributed by atoms with Crippen LogP contribution in [0, 0.1) is 10.1 Å². The maximum absolute atomic E-state index is 12.4. The first-order valence-corrected chi connectivity index (χ1v) is 10.8. The van der Waals surface area contributed by atoms with Crippen LogP contribution in [-0.2, 0) is 6.54 Å². The highest BCUT2D eigenvalue weighted by Gasteiger charge is 2.41. The number of nitro groups is 1. The minimum absolute atomic E-state index is 0.229. The summed E-state index contributed by atoms with van der Waals surface area (Å²) in [4.78, 5) is 16.5. The van der Waals surface area contributed by atoms with Crippen LogP contribution in [0.15, 0.2) is 40.0 Å². The fourth-order valence-electron chi connectivity index (χ4n) is 4.29. The van der Waals surface area contributed by atoms with E-state index in [-0.39, 0.29) is 17.6 Å². The zero-order valence-corrected chi connectivity index (χ0v) is 18.6. The first kappa shape index (κ1) is 23.0. The van der Waals surface area contributed by atoms with E-state index in [1.165, 1.54) is 30.6 Å². The number of aromatic nitrogens is 2. The Morgan fingerprint density at radius 1 is 1.29 bits per heavy atom. The van der Waals surface area contributed by atoms with Crippen LogP contribution in [0.3, 0.4) is 0 Å². The van der Waals surface area contributed by atoms with Crippen LogP contribution in [0.5, 0.6) is 11.8 Å². The molecule has 0 amide bonds. The first-order valence-electron chi connectivity index (χ1n) is 10.8. The standard InChI is InChI=1S/C21H21F3N6O5/c1-20(13-28-11-18(30(31)32)26-19(28)35-20)12-27-4-6-29(7-5-27)25-10-16-9-14-8-15(34-21(22,23)24)2-3-17(14)33-16/h2-3,8-11H,4-7,12-13H2,1H3/t20-/m0/s1. The van der Waals surface area contributed by atoms with E-state index < -0.39 is 16.9 Å². The van der Waals surface area contributed by atoms with Crippen molar-refractivity contribution < 1.29 is 32.0 Å². The molecule has 35 heavy (non-hydrogen) atoms. The molecule has 4 heterocycles. The molecule has 0 N–H and O–H groups in total. The van der Waals surface area contributed by atoms with Crippen molar-refractivity contribution >= 4 is 23.0 Å². The number of furan rings is 1. The van der Waals surface area contributed by atoms with Gasteiger partial charge < -0.3 is 24.0 Å². The van der Waals surface area contributed by atoms with Gasteiger partial charge in [-0.15, -0.1) is 13.2 Å². The number of ether oxygens (including phenoxy) is 2. The lowest BCUT2D eigenvalue weighted by molar-refractivity contribution is -0.389. The fraction of sp³-hybridized carbons (Fsp3) is 0.429.